The third-order valence-electron chi connectivity index (χ3n) is 7.36. The number of piperidine rings is 1. The van der Waals surface area contributed by atoms with Gasteiger partial charge >= 0.3 is 0 Å². The molecular weight excluding hydrogens is 462 g/mol. The van der Waals surface area contributed by atoms with Crippen LogP contribution in [0.25, 0.3) is 10.9 Å². The molecule has 0 radical (unpaired) electrons. The molecule has 0 spiro atoms. The number of benzene rings is 2. The summed E-state index contributed by atoms with van der Waals surface area (Å²) in [6.45, 7) is 5.35. The highest BCUT2D eigenvalue weighted by Crippen LogP contribution is 2.28. The lowest BCUT2D eigenvalue weighted by molar-refractivity contribution is -0.131. The third-order valence-corrected chi connectivity index (χ3v) is 7.67. The number of anilines is 1. The number of nitrogens with one attached hydrogen (secondary N) is 1. The molecule has 2 aromatic carbocycles. The maximum atomic E-state index is 13.6. The van der Waals surface area contributed by atoms with Crippen molar-refractivity contribution in [2.45, 2.75) is 18.9 Å². The molecule has 5 rings (SSSR count). The van der Waals surface area contributed by atoms with Crippen LogP contribution in [0.1, 0.15) is 23.2 Å². The van der Waals surface area contributed by atoms with Crippen LogP contribution in [-0.2, 0) is 4.79 Å². The number of nitrogens with zero attached hydrogens (tertiary/aromatic N) is 4. The number of H-pyrrole nitrogens is 1. The molecule has 0 aliphatic carbocycles. The van der Waals surface area contributed by atoms with Crippen molar-refractivity contribution in [2.24, 2.45) is 0 Å². The molecule has 3 aromatic rings. The molecule has 7 nitrogen and oxygen atoms in total. The minimum absolute atomic E-state index is 0.0421. The van der Waals surface area contributed by atoms with Crippen molar-refractivity contribution in [1.82, 2.24) is 19.7 Å². The van der Waals surface area contributed by atoms with Gasteiger partial charge in [-0.05, 0) is 68.7 Å². The first-order chi connectivity index (χ1) is 17.0. The average molecular weight is 494 g/mol. The number of aromatic amines is 1. The van der Waals surface area contributed by atoms with Crippen LogP contribution in [0.5, 0.6) is 0 Å². The van der Waals surface area contributed by atoms with Crippen molar-refractivity contribution >= 4 is 40.0 Å². The molecule has 35 heavy (non-hydrogen) atoms. The molecule has 1 N–H and O–H groups in total. The zero-order valence-corrected chi connectivity index (χ0v) is 20.9. The fourth-order valence-corrected chi connectivity index (χ4v) is 5.44. The number of piperazine rings is 1. The number of rotatable bonds is 5. The summed E-state index contributed by atoms with van der Waals surface area (Å²) in [6, 6.07) is 15.3. The van der Waals surface area contributed by atoms with E-state index in [9.17, 15) is 9.59 Å². The van der Waals surface area contributed by atoms with Crippen LogP contribution < -0.4 is 4.90 Å². The summed E-state index contributed by atoms with van der Waals surface area (Å²) in [5.41, 5.74) is 1.94. The van der Waals surface area contributed by atoms with Crippen LogP contribution in [0.2, 0.25) is 5.02 Å². The summed E-state index contributed by atoms with van der Waals surface area (Å²) in [6.07, 6.45) is 4.22. The van der Waals surface area contributed by atoms with Gasteiger partial charge in [0.05, 0.1) is 10.7 Å². The number of amides is 2. The lowest BCUT2D eigenvalue weighted by Crippen LogP contribution is -2.55. The molecule has 8 heteroatoms. The first kappa shape index (κ1) is 23.9. The minimum atomic E-state index is -0.243. The smallest absolute Gasteiger partial charge is 0.258 e. The van der Waals surface area contributed by atoms with Crippen molar-refractivity contribution in [3.63, 3.8) is 0 Å². The Hall–Kier alpha value is -2.87. The van der Waals surface area contributed by atoms with Crippen LogP contribution in [0.4, 0.5) is 5.69 Å². The second-order valence-electron chi connectivity index (χ2n) is 9.57. The summed E-state index contributed by atoms with van der Waals surface area (Å²) in [5.74, 6) is -0.296. The van der Waals surface area contributed by atoms with Gasteiger partial charge in [0, 0.05) is 49.5 Å². The molecule has 0 bridgehead atoms. The number of hydrogen-bond acceptors (Lipinski definition) is 4. The van der Waals surface area contributed by atoms with Crippen molar-refractivity contribution < 1.29 is 9.59 Å². The van der Waals surface area contributed by atoms with E-state index < -0.39 is 0 Å². The summed E-state index contributed by atoms with van der Waals surface area (Å²) in [7, 11) is 2.18. The van der Waals surface area contributed by atoms with Gasteiger partial charge < -0.3 is 14.8 Å². The Morgan fingerprint density at radius 1 is 1.00 bits per heavy atom. The fraction of sp³-hybridized carbons (Fsp3) is 0.407. The lowest BCUT2D eigenvalue weighted by Gasteiger charge is -2.42. The predicted molar refractivity (Wildman–Crippen MR) is 140 cm³/mol. The van der Waals surface area contributed by atoms with E-state index in [1.165, 1.54) is 17.7 Å². The zero-order valence-electron chi connectivity index (χ0n) is 20.1. The number of likely N-dealkylation sites (tertiary alicyclic amines) is 1. The molecule has 0 unspecified atom stereocenters. The highest BCUT2D eigenvalue weighted by Gasteiger charge is 2.30. The molecule has 2 amide bonds. The number of carbonyl (C=O) groups excluding carboxylic acids is 2. The highest BCUT2D eigenvalue weighted by atomic mass is 35.5. The van der Waals surface area contributed by atoms with Crippen molar-refractivity contribution in [3.05, 3.63) is 65.3 Å². The Morgan fingerprint density at radius 2 is 1.74 bits per heavy atom. The van der Waals surface area contributed by atoms with Crippen molar-refractivity contribution in [1.29, 1.82) is 0 Å². The second kappa shape index (κ2) is 10.4. The highest BCUT2D eigenvalue weighted by molar-refractivity contribution is 6.34. The Morgan fingerprint density at radius 3 is 2.49 bits per heavy atom. The van der Waals surface area contributed by atoms with Gasteiger partial charge in [-0.3, -0.25) is 19.4 Å². The average Bonchev–Trinajstić information content (AvgIpc) is 3.36. The summed E-state index contributed by atoms with van der Waals surface area (Å²) < 4.78 is 0. The summed E-state index contributed by atoms with van der Waals surface area (Å²) >= 11 is 6.48. The lowest BCUT2D eigenvalue weighted by atomic mass is 10.0. The molecule has 2 aliphatic heterocycles. The van der Waals surface area contributed by atoms with Gasteiger partial charge in [-0.1, -0.05) is 29.8 Å². The normalized spacial score (nSPS) is 18.2. The number of para-hydroxylation sites is 1. The third kappa shape index (κ3) is 5.22. The Balaban J connectivity index is 1.30. The summed E-state index contributed by atoms with van der Waals surface area (Å²) in [5, 5.41) is 1.48. The molecule has 2 fully saturated rings. The molecule has 2 aliphatic rings. The zero-order chi connectivity index (χ0) is 24.4. The van der Waals surface area contributed by atoms with Gasteiger partial charge in [0.25, 0.3) is 5.91 Å². The largest absolute Gasteiger partial charge is 0.361 e. The standard InChI is InChI=1S/C27H32ClN5O2/c1-30-12-9-22(10-13-30)31-14-16-32(17-15-31)26(34)19-33(25-5-3-2-4-23(25)28)27(35)21-7-6-20-8-11-29-24(20)18-21/h2-8,11,18,22,29H,9-10,12-17,19H2,1H3. The van der Waals surface area contributed by atoms with Crippen LogP contribution in [0.15, 0.2) is 54.7 Å². The van der Waals surface area contributed by atoms with E-state index in [1.807, 2.05) is 41.4 Å². The second-order valence-corrected chi connectivity index (χ2v) is 9.98. The molecule has 184 valence electrons. The van der Waals surface area contributed by atoms with E-state index in [0.717, 1.165) is 37.1 Å². The van der Waals surface area contributed by atoms with Gasteiger partial charge in [0.15, 0.2) is 0 Å². The number of halogens is 1. The Bertz CT molecular complexity index is 1200. The molecule has 0 saturated carbocycles. The van der Waals surface area contributed by atoms with Gasteiger partial charge in [0.1, 0.15) is 6.54 Å². The Labute approximate surface area is 211 Å². The maximum Gasteiger partial charge on any atom is 0.258 e. The summed E-state index contributed by atoms with van der Waals surface area (Å²) in [4.78, 5) is 38.5. The minimum Gasteiger partial charge on any atom is -0.361 e. The topological polar surface area (TPSA) is 62.9 Å². The quantitative estimate of drug-likeness (QED) is 0.588. The first-order valence-electron chi connectivity index (χ1n) is 12.3. The van der Waals surface area contributed by atoms with E-state index in [0.29, 0.717) is 35.4 Å². The van der Waals surface area contributed by atoms with E-state index in [1.54, 1.807) is 18.2 Å². The van der Waals surface area contributed by atoms with Gasteiger partial charge in [-0.2, -0.15) is 0 Å². The number of fused-ring (bicyclic) bond motifs is 1. The number of hydrogen-bond donors (Lipinski definition) is 1. The SMILES string of the molecule is CN1CCC(N2CCN(C(=O)CN(C(=O)c3ccc4cc[nH]c4c3)c3ccccc3Cl)CC2)CC1. The van der Waals surface area contributed by atoms with E-state index in [2.05, 4.69) is 21.8 Å². The predicted octanol–water partition coefficient (Wildman–Crippen LogP) is 3.71. The van der Waals surface area contributed by atoms with E-state index >= 15 is 0 Å². The van der Waals surface area contributed by atoms with Crippen LogP contribution in [0.3, 0.4) is 0 Å². The molecule has 1 aromatic heterocycles. The Kier molecular flexibility index (Phi) is 7.09. The van der Waals surface area contributed by atoms with Gasteiger partial charge in [0.2, 0.25) is 5.91 Å². The van der Waals surface area contributed by atoms with E-state index in [4.69, 9.17) is 11.6 Å². The first-order valence-corrected chi connectivity index (χ1v) is 12.7. The molecular formula is C27H32ClN5O2. The van der Waals surface area contributed by atoms with Crippen LogP contribution in [0, 0.1) is 0 Å². The van der Waals surface area contributed by atoms with Crippen LogP contribution >= 0.6 is 11.6 Å². The monoisotopic (exact) mass is 493 g/mol. The van der Waals surface area contributed by atoms with Crippen molar-refractivity contribution in [2.75, 3.05) is 57.8 Å². The number of carbonyl (C=O) groups is 2. The molecule has 0 atom stereocenters. The molecule has 3 heterocycles. The van der Waals surface area contributed by atoms with Crippen LogP contribution in [-0.4, -0.2) is 90.4 Å². The van der Waals surface area contributed by atoms with Crippen molar-refractivity contribution in [3.8, 4) is 0 Å². The fourth-order valence-electron chi connectivity index (χ4n) is 5.21. The number of aromatic nitrogens is 1. The molecule has 2 saturated heterocycles. The van der Waals surface area contributed by atoms with E-state index in [-0.39, 0.29) is 18.4 Å². The van der Waals surface area contributed by atoms with Gasteiger partial charge in [-0.25, -0.2) is 0 Å². The maximum absolute atomic E-state index is 13.6. The van der Waals surface area contributed by atoms with Gasteiger partial charge in [-0.15, -0.1) is 0 Å².